The second-order valence-electron chi connectivity index (χ2n) is 4.74. The number of anilines is 1. The van der Waals surface area contributed by atoms with Crippen LogP contribution in [0.5, 0.6) is 0 Å². The lowest BCUT2D eigenvalue weighted by Gasteiger charge is -2.35. The Labute approximate surface area is 122 Å². The van der Waals surface area contributed by atoms with Crippen LogP contribution in [0, 0.1) is 5.41 Å². The van der Waals surface area contributed by atoms with Crippen molar-refractivity contribution in [3.8, 4) is 0 Å². The summed E-state index contributed by atoms with van der Waals surface area (Å²) >= 11 is 3.43. The summed E-state index contributed by atoms with van der Waals surface area (Å²) in [6.07, 6.45) is 2.50. The van der Waals surface area contributed by atoms with E-state index in [1.54, 1.807) is 0 Å². The average Bonchev–Trinajstić information content (AvgIpc) is 2.39. The molecule has 0 saturated carbocycles. The number of piperidine rings is 1. The Bertz CT molecular complexity index is 462. The summed E-state index contributed by atoms with van der Waals surface area (Å²) in [5, 5.41) is 7.72. The molecule has 1 aliphatic rings. The molecule has 0 amide bonds. The average molecular weight is 326 g/mol. The number of halogens is 1. The number of benzene rings is 1. The minimum absolute atomic E-state index is 0.106. The largest absolute Gasteiger partial charge is 0.384 e. The Balaban J connectivity index is 2.23. The fraction of sp³-hybridized carbons (Fsp3) is 0.500. The highest BCUT2D eigenvalue weighted by atomic mass is 79.9. The molecule has 1 aromatic carbocycles. The molecule has 4 nitrogen and oxygen atoms in total. The van der Waals surface area contributed by atoms with Crippen molar-refractivity contribution in [2.45, 2.75) is 25.9 Å². The molecule has 0 bridgehead atoms. The number of nitrogens with one attached hydrogen (secondary N) is 1. The highest BCUT2D eigenvalue weighted by molar-refractivity contribution is 9.10. The monoisotopic (exact) mass is 325 g/mol. The van der Waals surface area contributed by atoms with Crippen molar-refractivity contribution >= 4 is 27.5 Å². The van der Waals surface area contributed by atoms with Gasteiger partial charge in [0.05, 0.1) is 6.10 Å². The first-order valence-electron chi connectivity index (χ1n) is 6.62. The van der Waals surface area contributed by atoms with Crippen molar-refractivity contribution in [1.29, 1.82) is 5.41 Å². The van der Waals surface area contributed by atoms with Gasteiger partial charge < -0.3 is 15.4 Å². The number of ether oxygens (including phenoxy) is 1. The van der Waals surface area contributed by atoms with Gasteiger partial charge in [-0.2, -0.15) is 0 Å². The van der Waals surface area contributed by atoms with Crippen molar-refractivity contribution < 1.29 is 4.74 Å². The van der Waals surface area contributed by atoms with Crippen molar-refractivity contribution in [1.82, 2.24) is 0 Å². The summed E-state index contributed by atoms with van der Waals surface area (Å²) in [5.74, 6) is 0.106. The predicted octanol–water partition coefficient (Wildman–Crippen LogP) is 2.74. The Kier molecular flexibility index (Phi) is 4.82. The molecular weight excluding hydrogens is 306 g/mol. The topological polar surface area (TPSA) is 62.3 Å². The third-order valence-electron chi connectivity index (χ3n) is 3.37. The fourth-order valence-electron chi connectivity index (χ4n) is 2.53. The molecule has 104 valence electrons. The molecule has 3 N–H and O–H groups in total. The van der Waals surface area contributed by atoms with E-state index in [0.717, 1.165) is 48.3 Å². The van der Waals surface area contributed by atoms with Gasteiger partial charge in [-0.3, -0.25) is 5.41 Å². The summed E-state index contributed by atoms with van der Waals surface area (Å²) in [7, 11) is 0. The quantitative estimate of drug-likeness (QED) is 0.661. The lowest BCUT2D eigenvalue weighted by atomic mass is 10.0. The maximum absolute atomic E-state index is 7.72. The van der Waals surface area contributed by atoms with E-state index in [-0.39, 0.29) is 11.9 Å². The molecule has 0 spiro atoms. The van der Waals surface area contributed by atoms with E-state index in [1.165, 1.54) is 0 Å². The smallest absolute Gasteiger partial charge is 0.124 e. The number of hydrogen-bond donors (Lipinski definition) is 2. The first-order chi connectivity index (χ1) is 9.11. The summed E-state index contributed by atoms with van der Waals surface area (Å²) in [4.78, 5) is 2.27. The molecule has 1 fully saturated rings. The molecule has 19 heavy (non-hydrogen) atoms. The van der Waals surface area contributed by atoms with Crippen LogP contribution in [-0.2, 0) is 4.74 Å². The zero-order valence-electron chi connectivity index (χ0n) is 11.2. The molecule has 0 aliphatic carbocycles. The highest BCUT2D eigenvalue weighted by Crippen LogP contribution is 2.27. The van der Waals surface area contributed by atoms with Crippen LogP contribution in [0.25, 0.3) is 0 Å². The molecule has 1 heterocycles. The molecule has 2 rings (SSSR count). The summed E-state index contributed by atoms with van der Waals surface area (Å²) in [6, 6.07) is 5.92. The van der Waals surface area contributed by atoms with E-state index < -0.39 is 0 Å². The molecule has 1 atom stereocenters. The molecule has 0 aromatic heterocycles. The zero-order chi connectivity index (χ0) is 13.8. The number of nitrogen functional groups attached to an aromatic ring is 1. The van der Waals surface area contributed by atoms with Crippen molar-refractivity contribution in [3.05, 3.63) is 28.2 Å². The lowest BCUT2D eigenvalue weighted by molar-refractivity contribution is 0.0526. The maximum atomic E-state index is 7.72. The van der Waals surface area contributed by atoms with Gasteiger partial charge in [0.1, 0.15) is 5.84 Å². The van der Waals surface area contributed by atoms with E-state index in [1.807, 2.05) is 25.1 Å². The molecule has 1 unspecified atom stereocenters. The van der Waals surface area contributed by atoms with E-state index in [0.29, 0.717) is 0 Å². The molecule has 1 aromatic rings. The molecular formula is C14H20BrN3O. The SMILES string of the molecule is CCOC1CCCN(c2ccc(Br)cc2C(=N)N)C1. The van der Waals surface area contributed by atoms with Crippen LogP contribution in [0.2, 0.25) is 0 Å². The normalized spacial score (nSPS) is 19.5. The van der Waals surface area contributed by atoms with Gasteiger partial charge >= 0.3 is 0 Å². The van der Waals surface area contributed by atoms with Gasteiger partial charge in [0.15, 0.2) is 0 Å². The standard InChI is InChI=1S/C14H20BrN3O/c1-2-19-11-4-3-7-18(9-11)13-6-5-10(15)8-12(13)14(16)17/h5-6,8,11H,2-4,7,9H2,1H3,(H3,16,17). The fourth-order valence-corrected chi connectivity index (χ4v) is 2.89. The predicted molar refractivity (Wildman–Crippen MR) is 82.0 cm³/mol. The molecule has 0 radical (unpaired) electrons. The first-order valence-corrected chi connectivity index (χ1v) is 7.41. The molecule has 1 saturated heterocycles. The Morgan fingerprint density at radius 3 is 3.05 bits per heavy atom. The van der Waals surface area contributed by atoms with Gasteiger partial charge in [0, 0.05) is 35.4 Å². The number of hydrogen-bond acceptors (Lipinski definition) is 3. The number of nitrogens with zero attached hydrogens (tertiary/aromatic N) is 1. The number of amidine groups is 1. The van der Waals surface area contributed by atoms with Crippen LogP contribution in [0.1, 0.15) is 25.3 Å². The van der Waals surface area contributed by atoms with Gasteiger partial charge in [-0.05, 0) is 38.0 Å². The van der Waals surface area contributed by atoms with Crippen LogP contribution >= 0.6 is 15.9 Å². The lowest BCUT2D eigenvalue weighted by Crippen LogP contribution is -2.40. The van der Waals surface area contributed by atoms with Crippen LogP contribution in [-0.4, -0.2) is 31.6 Å². The third kappa shape index (κ3) is 3.48. The first kappa shape index (κ1) is 14.3. The minimum atomic E-state index is 0.106. The summed E-state index contributed by atoms with van der Waals surface area (Å²) < 4.78 is 6.67. The Morgan fingerprint density at radius 1 is 1.58 bits per heavy atom. The summed E-state index contributed by atoms with van der Waals surface area (Å²) in [6.45, 7) is 4.64. The summed E-state index contributed by atoms with van der Waals surface area (Å²) in [5.41, 5.74) is 7.50. The Morgan fingerprint density at radius 2 is 2.37 bits per heavy atom. The van der Waals surface area contributed by atoms with Gasteiger partial charge in [-0.15, -0.1) is 0 Å². The van der Waals surface area contributed by atoms with Gasteiger partial charge in [0.2, 0.25) is 0 Å². The maximum Gasteiger partial charge on any atom is 0.124 e. The van der Waals surface area contributed by atoms with Crippen LogP contribution < -0.4 is 10.6 Å². The van der Waals surface area contributed by atoms with Crippen LogP contribution in [0.3, 0.4) is 0 Å². The minimum Gasteiger partial charge on any atom is -0.384 e. The molecule has 5 heteroatoms. The number of rotatable bonds is 4. The van der Waals surface area contributed by atoms with E-state index in [4.69, 9.17) is 15.9 Å². The van der Waals surface area contributed by atoms with Crippen molar-refractivity contribution in [3.63, 3.8) is 0 Å². The van der Waals surface area contributed by atoms with Crippen molar-refractivity contribution in [2.24, 2.45) is 5.73 Å². The highest BCUT2D eigenvalue weighted by Gasteiger charge is 2.22. The van der Waals surface area contributed by atoms with Gasteiger partial charge in [0.25, 0.3) is 0 Å². The second-order valence-corrected chi connectivity index (χ2v) is 5.66. The van der Waals surface area contributed by atoms with Crippen LogP contribution in [0.15, 0.2) is 22.7 Å². The van der Waals surface area contributed by atoms with E-state index in [9.17, 15) is 0 Å². The van der Waals surface area contributed by atoms with Crippen LogP contribution in [0.4, 0.5) is 5.69 Å². The van der Waals surface area contributed by atoms with E-state index >= 15 is 0 Å². The van der Waals surface area contributed by atoms with Gasteiger partial charge in [-0.25, -0.2) is 0 Å². The van der Waals surface area contributed by atoms with E-state index in [2.05, 4.69) is 20.8 Å². The number of nitrogens with two attached hydrogens (primary N) is 1. The van der Waals surface area contributed by atoms with Crippen molar-refractivity contribution in [2.75, 3.05) is 24.6 Å². The third-order valence-corrected chi connectivity index (χ3v) is 3.86. The van der Waals surface area contributed by atoms with Gasteiger partial charge in [-0.1, -0.05) is 15.9 Å². The Hall–Kier alpha value is -1.07. The molecule has 1 aliphatic heterocycles. The zero-order valence-corrected chi connectivity index (χ0v) is 12.7. The second kappa shape index (κ2) is 6.39.